The van der Waals surface area contributed by atoms with E-state index >= 15 is 0 Å². The van der Waals surface area contributed by atoms with Crippen LogP contribution in [0.5, 0.6) is 0 Å². The molecule has 2 N–H and O–H groups in total. The highest BCUT2D eigenvalue weighted by Crippen LogP contribution is 2.26. The largest absolute Gasteiger partial charge is 0.465 e. The molecule has 0 amide bonds. The summed E-state index contributed by atoms with van der Waals surface area (Å²) in [5.74, 6) is -0.478. The zero-order valence-corrected chi connectivity index (χ0v) is 12.1. The van der Waals surface area contributed by atoms with Gasteiger partial charge in [0, 0.05) is 13.1 Å². The highest BCUT2D eigenvalue weighted by molar-refractivity contribution is 7.89. The normalized spacial score (nSPS) is 20.0. The van der Waals surface area contributed by atoms with Gasteiger partial charge in [0.25, 0.3) is 0 Å². The van der Waals surface area contributed by atoms with Gasteiger partial charge < -0.3 is 10.5 Å². The van der Waals surface area contributed by atoms with E-state index in [4.69, 9.17) is 5.73 Å². The number of carbonyl (C=O) groups is 1. The van der Waals surface area contributed by atoms with Crippen molar-refractivity contribution in [3.63, 3.8) is 0 Å². The van der Waals surface area contributed by atoms with Gasteiger partial charge in [0.2, 0.25) is 10.0 Å². The van der Waals surface area contributed by atoms with E-state index in [-0.39, 0.29) is 16.4 Å². The second-order valence-corrected chi connectivity index (χ2v) is 6.65. The number of sulfonamides is 1. The van der Waals surface area contributed by atoms with Crippen LogP contribution >= 0.6 is 0 Å². The van der Waals surface area contributed by atoms with Gasteiger partial charge in [0.1, 0.15) is 0 Å². The van der Waals surface area contributed by atoms with Gasteiger partial charge >= 0.3 is 5.97 Å². The molecule has 0 bridgehead atoms. The highest BCUT2D eigenvalue weighted by Gasteiger charge is 2.34. The molecule has 110 valence electrons. The number of hydrogen-bond donors (Lipinski definition) is 1. The Morgan fingerprint density at radius 2 is 2.15 bits per heavy atom. The molecule has 1 aromatic rings. The maximum atomic E-state index is 12.6. The minimum atomic E-state index is -3.69. The van der Waals surface area contributed by atoms with Gasteiger partial charge in [-0.3, -0.25) is 0 Å². The molecular weight excluding hydrogens is 280 g/mol. The minimum Gasteiger partial charge on any atom is -0.465 e. The highest BCUT2D eigenvalue weighted by atomic mass is 32.2. The van der Waals surface area contributed by atoms with Crippen molar-refractivity contribution < 1.29 is 17.9 Å². The number of nitrogens with zero attached hydrogens (tertiary/aromatic N) is 1. The summed E-state index contributed by atoms with van der Waals surface area (Å²) in [4.78, 5) is 11.7. The zero-order valence-electron chi connectivity index (χ0n) is 11.3. The van der Waals surface area contributed by atoms with E-state index in [1.165, 1.54) is 23.5 Å². The Morgan fingerprint density at radius 3 is 2.75 bits per heavy atom. The SMILES string of the molecule is COC(=O)c1ccccc1S(=O)(=O)N1CCC(CN)C1. The van der Waals surface area contributed by atoms with Crippen LogP contribution in [0.15, 0.2) is 29.2 Å². The zero-order chi connectivity index (χ0) is 14.8. The van der Waals surface area contributed by atoms with Crippen molar-refractivity contribution in [2.45, 2.75) is 11.3 Å². The number of rotatable bonds is 4. The molecular formula is C13H18N2O4S. The fourth-order valence-corrected chi connectivity index (χ4v) is 4.03. The van der Waals surface area contributed by atoms with Crippen LogP contribution in [0.25, 0.3) is 0 Å². The van der Waals surface area contributed by atoms with E-state index in [0.717, 1.165) is 6.42 Å². The fourth-order valence-electron chi connectivity index (χ4n) is 2.32. The number of methoxy groups -OCH3 is 1. The van der Waals surface area contributed by atoms with Crippen molar-refractivity contribution in [2.75, 3.05) is 26.7 Å². The summed E-state index contributed by atoms with van der Waals surface area (Å²) < 4.78 is 31.2. The number of benzene rings is 1. The van der Waals surface area contributed by atoms with Gasteiger partial charge in [-0.25, -0.2) is 13.2 Å². The first-order chi connectivity index (χ1) is 9.50. The summed E-state index contributed by atoms with van der Waals surface area (Å²) in [6, 6.07) is 6.08. The third-order valence-electron chi connectivity index (χ3n) is 3.49. The summed E-state index contributed by atoms with van der Waals surface area (Å²) >= 11 is 0. The van der Waals surface area contributed by atoms with Crippen LogP contribution in [-0.4, -0.2) is 45.4 Å². The first-order valence-corrected chi connectivity index (χ1v) is 7.82. The van der Waals surface area contributed by atoms with Gasteiger partial charge in [-0.2, -0.15) is 4.31 Å². The Morgan fingerprint density at radius 1 is 1.45 bits per heavy atom. The maximum Gasteiger partial charge on any atom is 0.339 e. The van der Waals surface area contributed by atoms with Crippen LogP contribution in [0.1, 0.15) is 16.8 Å². The Balaban J connectivity index is 2.38. The van der Waals surface area contributed by atoms with Crippen LogP contribution in [0.4, 0.5) is 0 Å². The fraction of sp³-hybridized carbons (Fsp3) is 0.462. The summed E-state index contributed by atoms with van der Waals surface area (Å²) in [5, 5.41) is 0. The number of nitrogens with two attached hydrogens (primary N) is 1. The average Bonchev–Trinajstić information content (AvgIpc) is 2.96. The molecule has 7 heteroatoms. The molecule has 0 saturated carbocycles. The Bertz CT molecular complexity index is 600. The molecule has 0 radical (unpaired) electrons. The average molecular weight is 298 g/mol. The summed E-state index contributed by atoms with van der Waals surface area (Å²) in [6.07, 6.45) is 0.746. The molecule has 1 fully saturated rings. The van der Waals surface area contributed by atoms with E-state index < -0.39 is 16.0 Å². The molecule has 6 nitrogen and oxygen atoms in total. The van der Waals surface area contributed by atoms with Crippen LogP contribution < -0.4 is 5.73 Å². The predicted molar refractivity (Wildman–Crippen MR) is 73.7 cm³/mol. The second-order valence-electron chi connectivity index (χ2n) is 4.74. The van der Waals surface area contributed by atoms with Crippen LogP contribution in [0.2, 0.25) is 0 Å². The molecule has 2 rings (SSSR count). The lowest BCUT2D eigenvalue weighted by Gasteiger charge is -2.18. The van der Waals surface area contributed by atoms with Gasteiger partial charge in [0.05, 0.1) is 17.6 Å². The second kappa shape index (κ2) is 5.90. The molecule has 1 saturated heterocycles. The molecule has 1 aromatic carbocycles. The number of esters is 1. The van der Waals surface area contributed by atoms with Crippen molar-refractivity contribution in [2.24, 2.45) is 11.7 Å². The first kappa shape index (κ1) is 15.0. The lowest BCUT2D eigenvalue weighted by molar-refractivity contribution is 0.0596. The quantitative estimate of drug-likeness (QED) is 0.815. The van der Waals surface area contributed by atoms with E-state index in [2.05, 4.69) is 4.74 Å². The molecule has 1 aliphatic heterocycles. The third kappa shape index (κ3) is 2.70. The van der Waals surface area contributed by atoms with Crippen molar-refractivity contribution in [1.82, 2.24) is 4.31 Å². The summed E-state index contributed by atoms with van der Waals surface area (Å²) in [5.41, 5.74) is 5.64. The topological polar surface area (TPSA) is 89.7 Å². The van der Waals surface area contributed by atoms with Crippen molar-refractivity contribution in [1.29, 1.82) is 0 Å². The molecule has 1 heterocycles. The lowest BCUT2D eigenvalue weighted by Crippen LogP contribution is -2.31. The van der Waals surface area contributed by atoms with Gasteiger partial charge in [0.15, 0.2) is 0 Å². The Kier molecular flexibility index (Phi) is 4.42. The minimum absolute atomic E-state index is 0.00970. The predicted octanol–water partition coefficient (Wildman–Crippen LogP) is 0.443. The molecule has 0 aliphatic carbocycles. The monoisotopic (exact) mass is 298 g/mol. The third-order valence-corrected chi connectivity index (χ3v) is 5.42. The van der Waals surface area contributed by atoms with Crippen LogP contribution in [0, 0.1) is 5.92 Å². The van der Waals surface area contributed by atoms with Crippen LogP contribution in [0.3, 0.4) is 0 Å². The summed E-state index contributed by atoms with van der Waals surface area (Å²) in [6.45, 7) is 1.29. The molecule has 20 heavy (non-hydrogen) atoms. The van der Waals surface area contributed by atoms with Crippen molar-refractivity contribution in [3.05, 3.63) is 29.8 Å². The molecule has 1 unspecified atom stereocenters. The van der Waals surface area contributed by atoms with Crippen LogP contribution in [-0.2, 0) is 14.8 Å². The van der Waals surface area contributed by atoms with Crippen molar-refractivity contribution in [3.8, 4) is 0 Å². The smallest absolute Gasteiger partial charge is 0.339 e. The van der Waals surface area contributed by atoms with Crippen molar-refractivity contribution >= 4 is 16.0 Å². The first-order valence-electron chi connectivity index (χ1n) is 6.38. The Hall–Kier alpha value is -1.44. The van der Waals surface area contributed by atoms with Gasteiger partial charge in [-0.05, 0) is 31.0 Å². The van der Waals surface area contributed by atoms with E-state index in [0.29, 0.717) is 19.6 Å². The van der Waals surface area contributed by atoms with Gasteiger partial charge in [-0.1, -0.05) is 12.1 Å². The molecule has 0 aromatic heterocycles. The molecule has 1 aliphatic rings. The summed E-state index contributed by atoms with van der Waals surface area (Å²) in [7, 11) is -2.46. The molecule has 1 atom stereocenters. The van der Waals surface area contributed by atoms with E-state index in [1.54, 1.807) is 12.1 Å². The number of hydrogen-bond acceptors (Lipinski definition) is 5. The number of carbonyl (C=O) groups excluding carboxylic acids is 1. The number of ether oxygens (including phenoxy) is 1. The van der Waals surface area contributed by atoms with E-state index in [9.17, 15) is 13.2 Å². The maximum absolute atomic E-state index is 12.6. The van der Waals surface area contributed by atoms with Gasteiger partial charge in [-0.15, -0.1) is 0 Å². The Labute approximate surface area is 118 Å². The van der Waals surface area contributed by atoms with E-state index in [1.807, 2.05) is 0 Å². The standard InChI is InChI=1S/C13H18N2O4S/c1-19-13(16)11-4-2-3-5-12(11)20(17,18)15-7-6-10(8-14)9-15/h2-5,10H,6-9,14H2,1H3. The molecule has 0 spiro atoms. The lowest BCUT2D eigenvalue weighted by atomic mass is 10.1.